The van der Waals surface area contributed by atoms with Crippen LogP contribution in [0.4, 0.5) is 0 Å². The number of nitrogens with zero attached hydrogens (tertiary/aromatic N) is 1. The molecule has 0 radical (unpaired) electrons. The number of sulfonamides is 1. The lowest BCUT2D eigenvalue weighted by Crippen LogP contribution is -2.46. The van der Waals surface area contributed by atoms with Gasteiger partial charge in [-0.3, -0.25) is 4.90 Å². The van der Waals surface area contributed by atoms with E-state index in [1.807, 2.05) is 0 Å². The third-order valence-electron chi connectivity index (χ3n) is 4.98. The molecule has 26 heavy (non-hydrogen) atoms. The molecule has 0 aromatic heterocycles. The molecule has 1 N–H and O–H groups in total. The molecular formula is C19H30N2O4S. The zero-order valence-electron chi connectivity index (χ0n) is 15.7. The maximum absolute atomic E-state index is 12.8. The van der Waals surface area contributed by atoms with Gasteiger partial charge >= 0.3 is 0 Å². The van der Waals surface area contributed by atoms with Crippen molar-refractivity contribution in [1.29, 1.82) is 0 Å². The van der Waals surface area contributed by atoms with Gasteiger partial charge in [0.2, 0.25) is 10.0 Å². The number of fused-ring (bicyclic) bond motifs is 1. The van der Waals surface area contributed by atoms with Crippen molar-refractivity contribution in [2.24, 2.45) is 5.92 Å². The van der Waals surface area contributed by atoms with Gasteiger partial charge in [0.1, 0.15) is 13.2 Å². The first kappa shape index (κ1) is 19.5. The summed E-state index contributed by atoms with van der Waals surface area (Å²) in [5.74, 6) is 1.62. The number of benzene rings is 1. The van der Waals surface area contributed by atoms with Crippen LogP contribution in [0, 0.1) is 5.92 Å². The highest BCUT2D eigenvalue weighted by molar-refractivity contribution is 7.89. The summed E-state index contributed by atoms with van der Waals surface area (Å²) in [6.07, 6.45) is 4.66. The van der Waals surface area contributed by atoms with Crippen molar-refractivity contribution in [3.05, 3.63) is 18.2 Å². The molecule has 2 aliphatic heterocycles. The summed E-state index contributed by atoms with van der Waals surface area (Å²) in [5, 5.41) is 0. The van der Waals surface area contributed by atoms with E-state index in [1.54, 1.807) is 18.2 Å². The summed E-state index contributed by atoms with van der Waals surface area (Å²) >= 11 is 0. The summed E-state index contributed by atoms with van der Waals surface area (Å²) in [6.45, 7) is 7.86. The zero-order valence-corrected chi connectivity index (χ0v) is 16.6. The van der Waals surface area contributed by atoms with E-state index in [1.165, 1.54) is 19.3 Å². The number of ether oxygens (including phenoxy) is 2. The minimum atomic E-state index is -3.58. The molecule has 1 saturated heterocycles. The Kier molecular flexibility index (Phi) is 6.42. The first-order valence-electron chi connectivity index (χ1n) is 9.59. The van der Waals surface area contributed by atoms with Gasteiger partial charge in [-0.25, -0.2) is 13.1 Å². The fourth-order valence-electron chi connectivity index (χ4n) is 3.67. The van der Waals surface area contributed by atoms with Crippen molar-refractivity contribution in [2.45, 2.75) is 50.5 Å². The second-order valence-corrected chi connectivity index (χ2v) is 9.30. The Balaban J connectivity index is 1.68. The molecular weight excluding hydrogens is 352 g/mol. The number of hydrogen-bond donors (Lipinski definition) is 1. The highest BCUT2D eigenvalue weighted by atomic mass is 32.2. The van der Waals surface area contributed by atoms with E-state index >= 15 is 0 Å². The summed E-state index contributed by atoms with van der Waals surface area (Å²) < 4.78 is 39.3. The summed E-state index contributed by atoms with van der Waals surface area (Å²) in [5.41, 5.74) is 0. The second-order valence-electron chi connectivity index (χ2n) is 7.54. The largest absolute Gasteiger partial charge is 0.486 e. The Morgan fingerprint density at radius 3 is 2.46 bits per heavy atom. The van der Waals surface area contributed by atoms with E-state index in [0.29, 0.717) is 37.2 Å². The van der Waals surface area contributed by atoms with Gasteiger partial charge in [-0.2, -0.15) is 0 Å². The van der Waals surface area contributed by atoms with Crippen molar-refractivity contribution in [2.75, 3.05) is 32.8 Å². The fraction of sp³-hybridized carbons (Fsp3) is 0.684. The maximum atomic E-state index is 12.8. The monoisotopic (exact) mass is 382 g/mol. The molecule has 2 heterocycles. The number of hydrogen-bond acceptors (Lipinski definition) is 5. The molecule has 1 unspecified atom stereocenters. The molecule has 0 amide bonds. The van der Waals surface area contributed by atoms with Crippen LogP contribution >= 0.6 is 0 Å². The van der Waals surface area contributed by atoms with Gasteiger partial charge in [0.05, 0.1) is 4.90 Å². The van der Waals surface area contributed by atoms with Crippen LogP contribution in [0.25, 0.3) is 0 Å². The Labute approximate surface area is 156 Å². The SMILES string of the molecule is CC(C)CC(CNS(=O)(=O)c1ccc2c(c1)OCCO2)N1CCCCC1. The Morgan fingerprint density at radius 2 is 1.77 bits per heavy atom. The van der Waals surface area contributed by atoms with Gasteiger partial charge in [-0.1, -0.05) is 20.3 Å². The van der Waals surface area contributed by atoms with Crippen LogP contribution < -0.4 is 14.2 Å². The molecule has 7 heteroatoms. The van der Waals surface area contributed by atoms with Crippen molar-refractivity contribution in [3.8, 4) is 11.5 Å². The van der Waals surface area contributed by atoms with Crippen molar-refractivity contribution >= 4 is 10.0 Å². The quantitative estimate of drug-likeness (QED) is 0.785. The van der Waals surface area contributed by atoms with E-state index in [2.05, 4.69) is 23.5 Å². The van der Waals surface area contributed by atoms with Gasteiger partial charge < -0.3 is 9.47 Å². The molecule has 6 nitrogen and oxygen atoms in total. The Morgan fingerprint density at radius 1 is 1.08 bits per heavy atom. The van der Waals surface area contributed by atoms with Crippen molar-refractivity contribution in [3.63, 3.8) is 0 Å². The lowest BCUT2D eigenvalue weighted by molar-refractivity contribution is 0.146. The van der Waals surface area contributed by atoms with Crippen LogP contribution in [0.3, 0.4) is 0 Å². The van der Waals surface area contributed by atoms with E-state index in [4.69, 9.17) is 9.47 Å². The molecule has 146 valence electrons. The average molecular weight is 383 g/mol. The zero-order chi connectivity index (χ0) is 18.6. The molecule has 1 fully saturated rings. The molecule has 3 rings (SSSR count). The van der Waals surface area contributed by atoms with Crippen LogP contribution in [0.2, 0.25) is 0 Å². The third kappa shape index (κ3) is 4.90. The Bertz CT molecular complexity index is 699. The van der Waals surface area contributed by atoms with Crippen molar-refractivity contribution < 1.29 is 17.9 Å². The minimum Gasteiger partial charge on any atom is -0.486 e. The summed E-state index contributed by atoms with van der Waals surface area (Å²) in [4.78, 5) is 2.67. The van der Waals surface area contributed by atoms with Gasteiger partial charge in [-0.05, 0) is 50.4 Å². The van der Waals surface area contributed by atoms with Crippen LogP contribution in [-0.4, -0.2) is 52.2 Å². The minimum absolute atomic E-state index is 0.226. The number of piperidine rings is 1. The molecule has 0 spiro atoms. The number of likely N-dealkylation sites (tertiary alicyclic amines) is 1. The van der Waals surface area contributed by atoms with Crippen molar-refractivity contribution in [1.82, 2.24) is 9.62 Å². The Hall–Kier alpha value is -1.31. The highest BCUT2D eigenvalue weighted by Gasteiger charge is 2.25. The first-order valence-corrected chi connectivity index (χ1v) is 11.1. The van der Waals surface area contributed by atoms with Gasteiger partial charge in [0, 0.05) is 18.7 Å². The van der Waals surface area contributed by atoms with Crippen LogP contribution in [-0.2, 0) is 10.0 Å². The summed E-state index contributed by atoms with van der Waals surface area (Å²) in [6, 6.07) is 5.03. The molecule has 0 saturated carbocycles. The first-order chi connectivity index (χ1) is 12.5. The van der Waals surface area contributed by atoms with Gasteiger partial charge in [0.25, 0.3) is 0 Å². The smallest absolute Gasteiger partial charge is 0.240 e. The molecule has 1 atom stereocenters. The lowest BCUT2D eigenvalue weighted by atomic mass is 10.00. The third-order valence-corrected chi connectivity index (χ3v) is 6.40. The molecule has 1 aromatic rings. The number of nitrogens with one attached hydrogen (secondary N) is 1. The predicted molar refractivity (Wildman–Crippen MR) is 101 cm³/mol. The molecule has 1 aromatic carbocycles. The lowest BCUT2D eigenvalue weighted by Gasteiger charge is -2.35. The molecule has 0 bridgehead atoms. The highest BCUT2D eigenvalue weighted by Crippen LogP contribution is 2.32. The van der Waals surface area contributed by atoms with Gasteiger partial charge in [0.15, 0.2) is 11.5 Å². The topological polar surface area (TPSA) is 67.9 Å². The predicted octanol–water partition coefficient (Wildman–Crippen LogP) is 2.64. The van der Waals surface area contributed by atoms with Crippen LogP contribution in [0.1, 0.15) is 39.5 Å². The van der Waals surface area contributed by atoms with E-state index in [9.17, 15) is 8.42 Å². The van der Waals surface area contributed by atoms with Gasteiger partial charge in [-0.15, -0.1) is 0 Å². The fourth-order valence-corrected chi connectivity index (χ4v) is 4.76. The molecule has 0 aliphatic carbocycles. The standard InChI is InChI=1S/C19H30N2O4S/c1-15(2)12-16(21-8-4-3-5-9-21)14-20-26(22,23)17-6-7-18-19(13-17)25-11-10-24-18/h6-7,13,15-16,20H,3-5,8-12,14H2,1-2H3. The van der Waals surface area contributed by atoms with Crippen LogP contribution in [0.15, 0.2) is 23.1 Å². The van der Waals surface area contributed by atoms with E-state index < -0.39 is 10.0 Å². The van der Waals surface area contributed by atoms with Crippen LogP contribution in [0.5, 0.6) is 11.5 Å². The van der Waals surface area contributed by atoms with E-state index in [-0.39, 0.29) is 10.9 Å². The second kappa shape index (κ2) is 8.59. The normalized spacial score (nSPS) is 19.5. The molecule has 2 aliphatic rings. The number of rotatable bonds is 7. The average Bonchev–Trinajstić information content (AvgIpc) is 2.65. The van der Waals surface area contributed by atoms with E-state index in [0.717, 1.165) is 19.5 Å². The summed E-state index contributed by atoms with van der Waals surface area (Å²) in [7, 11) is -3.58. The maximum Gasteiger partial charge on any atom is 0.240 e.